The van der Waals surface area contributed by atoms with Crippen LogP contribution in [0.25, 0.3) is 0 Å². The lowest BCUT2D eigenvalue weighted by Gasteiger charge is -2.46. The van der Waals surface area contributed by atoms with Gasteiger partial charge in [-0.15, -0.1) is 0 Å². The first-order valence-electron chi connectivity index (χ1n) is 11.2. The van der Waals surface area contributed by atoms with Gasteiger partial charge in [0, 0.05) is 38.1 Å². The highest BCUT2D eigenvalue weighted by molar-refractivity contribution is 6.08. The molecule has 0 spiro atoms. The highest BCUT2D eigenvalue weighted by Crippen LogP contribution is 2.48. The van der Waals surface area contributed by atoms with Crippen LogP contribution in [-0.4, -0.2) is 59.7 Å². The molecule has 0 N–H and O–H groups in total. The summed E-state index contributed by atoms with van der Waals surface area (Å²) in [5.41, 5.74) is -0.551. The van der Waals surface area contributed by atoms with E-state index in [0.29, 0.717) is 32.0 Å². The van der Waals surface area contributed by atoms with Crippen LogP contribution in [0.5, 0.6) is 0 Å². The lowest BCUT2D eigenvalue weighted by molar-refractivity contribution is -0.171. The van der Waals surface area contributed by atoms with Gasteiger partial charge in [0.1, 0.15) is 5.82 Å². The summed E-state index contributed by atoms with van der Waals surface area (Å²) in [4.78, 5) is 43.6. The van der Waals surface area contributed by atoms with E-state index in [0.717, 1.165) is 24.8 Å². The number of carbonyl (C=O) groups excluding carboxylic acids is 3. The van der Waals surface area contributed by atoms with E-state index in [1.54, 1.807) is 17.0 Å². The predicted molar refractivity (Wildman–Crippen MR) is 112 cm³/mol. The SMILES string of the molecule is COC(=O)[C@@]1(CC(=O)N2CCC(C)CC2)C(=O)C[C@H]2CC[C@H]1N2Cc1ccc(F)cc1. The van der Waals surface area contributed by atoms with E-state index in [2.05, 4.69) is 11.8 Å². The van der Waals surface area contributed by atoms with Crippen molar-refractivity contribution < 1.29 is 23.5 Å². The van der Waals surface area contributed by atoms with Crippen LogP contribution < -0.4 is 0 Å². The maximum absolute atomic E-state index is 13.3. The molecule has 3 atom stereocenters. The van der Waals surface area contributed by atoms with E-state index >= 15 is 0 Å². The minimum absolute atomic E-state index is 0.0336. The third-order valence-corrected chi connectivity index (χ3v) is 7.52. The van der Waals surface area contributed by atoms with E-state index in [4.69, 9.17) is 4.74 Å². The summed E-state index contributed by atoms with van der Waals surface area (Å²) in [6, 6.07) is 5.94. The molecule has 3 fully saturated rings. The number of methoxy groups -OCH3 is 1. The van der Waals surface area contributed by atoms with Gasteiger partial charge in [-0.2, -0.15) is 0 Å². The zero-order valence-electron chi connectivity index (χ0n) is 18.3. The lowest BCUT2D eigenvalue weighted by Crippen LogP contribution is -2.61. The molecule has 7 heteroatoms. The van der Waals surface area contributed by atoms with Crippen LogP contribution in [0.3, 0.4) is 0 Å². The standard InChI is InChI=1S/C24H31FN2O4/c1-16-9-11-26(12-10-16)22(29)14-24(23(30)31-2)20-8-7-19(13-21(24)28)27(20)15-17-3-5-18(25)6-4-17/h3-6,16,19-20H,7-15H2,1-2H3/t19-,20-,24-/m1/s1. The molecule has 3 aliphatic rings. The Hall–Kier alpha value is -2.28. The Bertz CT molecular complexity index is 850. The summed E-state index contributed by atoms with van der Waals surface area (Å²) in [6.07, 6.45) is 3.43. The molecular weight excluding hydrogens is 399 g/mol. The van der Waals surface area contributed by atoms with Crippen molar-refractivity contribution in [1.82, 2.24) is 9.80 Å². The third-order valence-electron chi connectivity index (χ3n) is 7.52. The molecule has 168 valence electrons. The van der Waals surface area contributed by atoms with Gasteiger partial charge in [0.15, 0.2) is 11.2 Å². The van der Waals surface area contributed by atoms with Crippen LogP contribution in [0.4, 0.5) is 4.39 Å². The lowest BCUT2D eigenvalue weighted by atomic mass is 9.69. The molecule has 0 saturated carbocycles. The molecule has 1 amide bonds. The van der Waals surface area contributed by atoms with E-state index in [1.165, 1.54) is 19.2 Å². The number of benzene rings is 1. The maximum Gasteiger partial charge on any atom is 0.321 e. The topological polar surface area (TPSA) is 66.9 Å². The van der Waals surface area contributed by atoms with Crippen molar-refractivity contribution in [2.24, 2.45) is 11.3 Å². The van der Waals surface area contributed by atoms with Crippen LogP contribution in [0.1, 0.15) is 51.0 Å². The largest absolute Gasteiger partial charge is 0.468 e. The van der Waals surface area contributed by atoms with Gasteiger partial charge in [0.05, 0.1) is 13.5 Å². The number of nitrogens with zero attached hydrogens (tertiary/aromatic N) is 2. The Balaban J connectivity index is 1.61. The van der Waals surface area contributed by atoms with Crippen molar-refractivity contribution in [3.8, 4) is 0 Å². The average molecular weight is 431 g/mol. The number of carbonyl (C=O) groups is 3. The molecular formula is C24H31FN2O4. The molecule has 0 unspecified atom stereocenters. The number of hydrogen-bond acceptors (Lipinski definition) is 5. The van der Waals surface area contributed by atoms with Crippen LogP contribution in [-0.2, 0) is 25.7 Å². The van der Waals surface area contributed by atoms with Crippen LogP contribution in [0.2, 0.25) is 0 Å². The number of halogens is 1. The van der Waals surface area contributed by atoms with Crippen molar-refractivity contribution in [2.75, 3.05) is 20.2 Å². The Morgan fingerprint density at radius 2 is 1.81 bits per heavy atom. The smallest absolute Gasteiger partial charge is 0.321 e. The molecule has 2 bridgehead atoms. The summed E-state index contributed by atoms with van der Waals surface area (Å²) < 4.78 is 18.5. The summed E-state index contributed by atoms with van der Waals surface area (Å²) >= 11 is 0. The molecule has 3 saturated heterocycles. The minimum atomic E-state index is -1.47. The fraction of sp³-hybridized carbons (Fsp3) is 0.625. The fourth-order valence-corrected chi connectivity index (χ4v) is 5.64. The number of hydrogen-bond donors (Lipinski definition) is 0. The van der Waals surface area contributed by atoms with Crippen LogP contribution in [0, 0.1) is 17.2 Å². The maximum atomic E-state index is 13.3. The number of ether oxygens (including phenoxy) is 1. The summed E-state index contributed by atoms with van der Waals surface area (Å²) in [5, 5.41) is 0. The number of likely N-dealkylation sites (tertiary alicyclic amines) is 1. The molecule has 1 aromatic rings. The van der Waals surface area contributed by atoms with Crippen molar-refractivity contribution in [3.63, 3.8) is 0 Å². The molecule has 3 aliphatic heterocycles. The normalized spacial score (nSPS) is 29.3. The first kappa shape index (κ1) is 21.9. The first-order chi connectivity index (χ1) is 14.8. The quantitative estimate of drug-likeness (QED) is 0.531. The van der Waals surface area contributed by atoms with Crippen LogP contribution in [0.15, 0.2) is 24.3 Å². The Labute approximate surface area is 182 Å². The third kappa shape index (κ3) is 4.00. The minimum Gasteiger partial charge on any atom is -0.468 e. The number of rotatable bonds is 5. The predicted octanol–water partition coefficient (Wildman–Crippen LogP) is 2.94. The Kier molecular flexibility index (Phi) is 6.15. The number of piperidine rings is 2. The monoisotopic (exact) mass is 430 g/mol. The zero-order chi connectivity index (χ0) is 22.2. The average Bonchev–Trinajstić information content (AvgIpc) is 3.08. The number of esters is 1. The molecule has 31 heavy (non-hydrogen) atoms. The van der Waals surface area contributed by atoms with E-state index in [9.17, 15) is 18.8 Å². The molecule has 0 radical (unpaired) electrons. The zero-order valence-corrected chi connectivity index (χ0v) is 18.3. The van der Waals surface area contributed by atoms with Gasteiger partial charge < -0.3 is 9.64 Å². The highest BCUT2D eigenvalue weighted by Gasteiger charge is 2.62. The van der Waals surface area contributed by atoms with E-state index in [1.807, 2.05) is 0 Å². The molecule has 4 rings (SSSR count). The summed E-state index contributed by atoms with van der Waals surface area (Å²) in [7, 11) is 1.29. The molecule has 6 nitrogen and oxygen atoms in total. The number of fused-ring (bicyclic) bond motifs is 2. The molecule has 0 aliphatic carbocycles. The second-order valence-corrected chi connectivity index (χ2v) is 9.38. The fourth-order valence-electron chi connectivity index (χ4n) is 5.64. The van der Waals surface area contributed by atoms with Gasteiger partial charge in [0.25, 0.3) is 0 Å². The van der Waals surface area contributed by atoms with Gasteiger partial charge in [-0.3, -0.25) is 19.3 Å². The van der Waals surface area contributed by atoms with E-state index in [-0.39, 0.29) is 42.4 Å². The van der Waals surface area contributed by atoms with Gasteiger partial charge in [-0.1, -0.05) is 19.1 Å². The van der Waals surface area contributed by atoms with Crippen LogP contribution >= 0.6 is 0 Å². The Morgan fingerprint density at radius 1 is 1.13 bits per heavy atom. The van der Waals surface area contributed by atoms with Gasteiger partial charge >= 0.3 is 5.97 Å². The number of Topliss-reactive ketones (excluding diaryl/α,β-unsaturated/α-hetero) is 1. The molecule has 1 aromatic carbocycles. The Morgan fingerprint density at radius 3 is 2.45 bits per heavy atom. The first-order valence-corrected chi connectivity index (χ1v) is 11.2. The highest BCUT2D eigenvalue weighted by atomic mass is 19.1. The molecule has 0 aromatic heterocycles. The molecule has 3 heterocycles. The van der Waals surface area contributed by atoms with Gasteiger partial charge in [-0.05, 0) is 49.3 Å². The second-order valence-electron chi connectivity index (χ2n) is 9.38. The van der Waals surface area contributed by atoms with Crippen molar-refractivity contribution >= 4 is 17.7 Å². The summed E-state index contributed by atoms with van der Waals surface area (Å²) in [6.45, 7) is 4.02. The van der Waals surface area contributed by atoms with Crippen molar-refractivity contribution in [3.05, 3.63) is 35.6 Å². The van der Waals surface area contributed by atoms with Gasteiger partial charge in [-0.25, -0.2) is 4.39 Å². The number of amides is 1. The van der Waals surface area contributed by atoms with E-state index < -0.39 is 11.4 Å². The van der Waals surface area contributed by atoms with Crippen molar-refractivity contribution in [1.29, 1.82) is 0 Å². The summed E-state index contributed by atoms with van der Waals surface area (Å²) in [5.74, 6) is -0.646. The number of ketones is 1. The van der Waals surface area contributed by atoms with Gasteiger partial charge in [0.2, 0.25) is 5.91 Å². The van der Waals surface area contributed by atoms with Crippen molar-refractivity contribution in [2.45, 2.75) is 64.1 Å². The second kappa shape index (κ2) is 8.69.